The van der Waals surface area contributed by atoms with Gasteiger partial charge >= 0.3 is 5.97 Å². The zero-order valence-corrected chi connectivity index (χ0v) is 6.37. The van der Waals surface area contributed by atoms with Gasteiger partial charge in [0.25, 0.3) is 0 Å². The SMILES string of the molecule is O=C(O)c1cnc2c(c1)NCC2. The van der Waals surface area contributed by atoms with Crippen LogP contribution in [0.15, 0.2) is 12.3 Å². The van der Waals surface area contributed by atoms with Gasteiger partial charge in [0.05, 0.1) is 16.9 Å². The van der Waals surface area contributed by atoms with Crippen LogP contribution >= 0.6 is 0 Å². The Balaban J connectivity index is 2.45. The second-order valence-corrected chi connectivity index (χ2v) is 2.70. The van der Waals surface area contributed by atoms with Gasteiger partial charge in [0.15, 0.2) is 0 Å². The minimum atomic E-state index is -0.931. The van der Waals surface area contributed by atoms with Gasteiger partial charge in [0, 0.05) is 19.2 Å². The van der Waals surface area contributed by atoms with E-state index in [4.69, 9.17) is 5.11 Å². The summed E-state index contributed by atoms with van der Waals surface area (Å²) < 4.78 is 0. The van der Waals surface area contributed by atoms with Crippen LogP contribution in [-0.4, -0.2) is 22.6 Å². The van der Waals surface area contributed by atoms with E-state index in [0.717, 1.165) is 24.3 Å². The van der Waals surface area contributed by atoms with Crippen LogP contribution in [0.25, 0.3) is 0 Å². The van der Waals surface area contributed by atoms with E-state index in [-0.39, 0.29) is 5.56 Å². The molecule has 0 unspecified atom stereocenters. The topological polar surface area (TPSA) is 62.2 Å². The highest BCUT2D eigenvalue weighted by Gasteiger charge is 2.13. The van der Waals surface area contributed by atoms with Crippen LogP contribution in [0.5, 0.6) is 0 Å². The summed E-state index contributed by atoms with van der Waals surface area (Å²) in [6.45, 7) is 0.853. The largest absolute Gasteiger partial charge is 0.478 e. The number of carboxylic acid groups (broad SMARTS) is 1. The van der Waals surface area contributed by atoms with Crippen molar-refractivity contribution >= 4 is 11.7 Å². The van der Waals surface area contributed by atoms with E-state index in [1.807, 2.05) is 0 Å². The van der Waals surface area contributed by atoms with Crippen LogP contribution in [0.1, 0.15) is 16.1 Å². The average molecular weight is 164 g/mol. The summed E-state index contributed by atoms with van der Waals surface area (Å²) in [6.07, 6.45) is 2.28. The first-order valence-corrected chi connectivity index (χ1v) is 3.73. The lowest BCUT2D eigenvalue weighted by molar-refractivity contribution is 0.0696. The average Bonchev–Trinajstić information content (AvgIpc) is 2.49. The first kappa shape index (κ1) is 7.09. The van der Waals surface area contributed by atoms with E-state index in [1.165, 1.54) is 6.20 Å². The number of nitrogens with one attached hydrogen (secondary N) is 1. The molecule has 4 heteroatoms. The van der Waals surface area contributed by atoms with E-state index in [0.29, 0.717) is 0 Å². The zero-order chi connectivity index (χ0) is 8.55. The Kier molecular flexibility index (Phi) is 1.46. The van der Waals surface area contributed by atoms with Crippen molar-refractivity contribution in [2.45, 2.75) is 6.42 Å². The molecule has 4 nitrogen and oxygen atoms in total. The number of nitrogens with zero attached hydrogens (tertiary/aromatic N) is 1. The molecule has 0 radical (unpaired) electrons. The third-order valence-electron chi connectivity index (χ3n) is 1.89. The fourth-order valence-electron chi connectivity index (χ4n) is 1.28. The highest BCUT2D eigenvalue weighted by Crippen LogP contribution is 2.20. The van der Waals surface area contributed by atoms with E-state index in [9.17, 15) is 4.79 Å². The van der Waals surface area contributed by atoms with Gasteiger partial charge in [-0.1, -0.05) is 0 Å². The molecular formula is C8H8N2O2. The Morgan fingerprint density at radius 3 is 3.25 bits per heavy atom. The Bertz CT molecular complexity index is 336. The molecule has 0 aromatic carbocycles. The fraction of sp³-hybridized carbons (Fsp3) is 0.250. The van der Waals surface area contributed by atoms with Gasteiger partial charge in [-0.05, 0) is 6.07 Å². The first-order chi connectivity index (χ1) is 5.77. The molecule has 0 fully saturated rings. The number of hydrogen-bond acceptors (Lipinski definition) is 3. The summed E-state index contributed by atoms with van der Waals surface area (Å²) in [6, 6.07) is 1.62. The number of hydrogen-bond donors (Lipinski definition) is 2. The number of pyridine rings is 1. The summed E-state index contributed by atoms with van der Waals surface area (Å²) in [5.74, 6) is -0.931. The molecule has 0 atom stereocenters. The van der Waals surface area contributed by atoms with Gasteiger partial charge < -0.3 is 10.4 Å². The van der Waals surface area contributed by atoms with Gasteiger partial charge in [-0.25, -0.2) is 4.79 Å². The standard InChI is InChI=1S/C8H8N2O2/c11-8(12)5-3-7-6(10-4-5)1-2-9-7/h3-4,9H,1-2H2,(H,11,12). The molecule has 62 valence electrons. The van der Waals surface area contributed by atoms with Gasteiger partial charge in [-0.15, -0.1) is 0 Å². The highest BCUT2D eigenvalue weighted by atomic mass is 16.4. The molecule has 2 rings (SSSR count). The third kappa shape index (κ3) is 1.01. The van der Waals surface area contributed by atoms with E-state index in [1.54, 1.807) is 6.07 Å². The predicted octanol–water partition coefficient (Wildman–Crippen LogP) is 0.748. The summed E-state index contributed by atoms with van der Waals surface area (Å²) in [5.41, 5.74) is 2.05. The Morgan fingerprint density at radius 1 is 1.67 bits per heavy atom. The molecule has 1 aromatic rings. The smallest absolute Gasteiger partial charge is 0.337 e. The van der Waals surface area contributed by atoms with Crippen molar-refractivity contribution in [3.05, 3.63) is 23.5 Å². The van der Waals surface area contributed by atoms with Crippen LogP contribution in [0.4, 0.5) is 5.69 Å². The lowest BCUT2D eigenvalue weighted by Gasteiger charge is -1.99. The molecule has 0 saturated heterocycles. The molecule has 1 aliphatic heterocycles. The highest BCUT2D eigenvalue weighted by molar-refractivity contribution is 5.88. The summed E-state index contributed by atoms with van der Waals surface area (Å²) in [7, 11) is 0. The second-order valence-electron chi connectivity index (χ2n) is 2.70. The van der Waals surface area contributed by atoms with Crippen LogP contribution in [0.3, 0.4) is 0 Å². The zero-order valence-electron chi connectivity index (χ0n) is 6.37. The molecule has 1 aliphatic rings. The van der Waals surface area contributed by atoms with Crippen molar-refractivity contribution in [2.24, 2.45) is 0 Å². The number of carboxylic acids is 1. The van der Waals surface area contributed by atoms with Crippen LogP contribution in [0.2, 0.25) is 0 Å². The van der Waals surface area contributed by atoms with Gasteiger partial charge in [0.1, 0.15) is 0 Å². The number of carbonyl (C=O) groups is 1. The number of fused-ring (bicyclic) bond motifs is 1. The van der Waals surface area contributed by atoms with Crippen molar-refractivity contribution < 1.29 is 9.90 Å². The third-order valence-corrected chi connectivity index (χ3v) is 1.89. The molecule has 0 spiro atoms. The van der Waals surface area contributed by atoms with Gasteiger partial charge in [-0.3, -0.25) is 4.98 Å². The molecule has 0 aliphatic carbocycles. The molecule has 12 heavy (non-hydrogen) atoms. The molecule has 0 amide bonds. The van der Waals surface area contributed by atoms with Gasteiger partial charge in [-0.2, -0.15) is 0 Å². The molecule has 0 bridgehead atoms. The second kappa shape index (κ2) is 2.48. The summed E-state index contributed by atoms with van der Waals surface area (Å²) >= 11 is 0. The van der Waals surface area contributed by atoms with Crippen LogP contribution < -0.4 is 5.32 Å². The van der Waals surface area contributed by atoms with Crippen LogP contribution in [0, 0.1) is 0 Å². The van der Waals surface area contributed by atoms with Crippen molar-refractivity contribution in [2.75, 3.05) is 11.9 Å². The first-order valence-electron chi connectivity index (χ1n) is 3.73. The normalized spacial score (nSPS) is 13.7. The number of aromatic carboxylic acids is 1. The Labute approximate surface area is 69.2 Å². The number of anilines is 1. The number of aromatic nitrogens is 1. The molecule has 2 heterocycles. The molecular weight excluding hydrogens is 156 g/mol. The van der Waals surface area contributed by atoms with Gasteiger partial charge in [0.2, 0.25) is 0 Å². The van der Waals surface area contributed by atoms with Crippen molar-refractivity contribution in [1.29, 1.82) is 0 Å². The van der Waals surface area contributed by atoms with E-state index < -0.39 is 5.97 Å². The monoisotopic (exact) mass is 164 g/mol. The molecule has 0 saturated carbocycles. The van der Waals surface area contributed by atoms with Crippen molar-refractivity contribution in [1.82, 2.24) is 4.98 Å². The predicted molar refractivity (Wildman–Crippen MR) is 43.4 cm³/mol. The minimum Gasteiger partial charge on any atom is -0.478 e. The molecule has 1 aromatic heterocycles. The Hall–Kier alpha value is -1.58. The van der Waals surface area contributed by atoms with E-state index >= 15 is 0 Å². The minimum absolute atomic E-state index is 0.239. The van der Waals surface area contributed by atoms with Crippen molar-refractivity contribution in [3.8, 4) is 0 Å². The maximum atomic E-state index is 10.5. The summed E-state index contributed by atoms with van der Waals surface area (Å²) in [5, 5.41) is 11.7. The molecule has 2 N–H and O–H groups in total. The lowest BCUT2D eigenvalue weighted by Crippen LogP contribution is -1.98. The van der Waals surface area contributed by atoms with Crippen molar-refractivity contribution in [3.63, 3.8) is 0 Å². The maximum absolute atomic E-state index is 10.5. The number of rotatable bonds is 1. The fourth-order valence-corrected chi connectivity index (χ4v) is 1.28. The van der Waals surface area contributed by atoms with E-state index in [2.05, 4.69) is 10.3 Å². The Morgan fingerprint density at radius 2 is 2.50 bits per heavy atom. The van der Waals surface area contributed by atoms with Crippen LogP contribution in [-0.2, 0) is 6.42 Å². The lowest BCUT2D eigenvalue weighted by atomic mass is 10.2. The maximum Gasteiger partial charge on any atom is 0.337 e. The quantitative estimate of drug-likeness (QED) is 0.642. The summed E-state index contributed by atoms with van der Waals surface area (Å²) in [4.78, 5) is 14.6.